The minimum Gasteiger partial charge on any atom is -0.372 e. The van der Waals surface area contributed by atoms with Crippen LogP contribution in [0, 0.1) is 13.8 Å². The fourth-order valence-corrected chi connectivity index (χ4v) is 2.93. The Labute approximate surface area is 155 Å². The van der Waals surface area contributed by atoms with Gasteiger partial charge in [0.1, 0.15) is 0 Å². The predicted octanol–water partition coefficient (Wildman–Crippen LogP) is 4.28. The Kier molecular flexibility index (Phi) is 6.53. The second-order valence-corrected chi connectivity index (χ2v) is 6.30. The van der Waals surface area contributed by atoms with Gasteiger partial charge in [-0.25, -0.2) is 0 Å². The van der Waals surface area contributed by atoms with E-state index in [0.717, 1.165) is 29.9 Å². The molecule has 0 aliphatic carbocycles. The van der Waals surface area contributed by atoms with E-state index in [1.807, 2.05) is 38.1 Å². The molecule has 0 spiro atoms. The molecule has 0 fully saturated rings. The van der Waals surface area contributed by atoms with Crippen molar-refractivity contribution in [2.75, 3.05) is 23.3 Å². The third kappa shape index (κ3) is 4.79. The molecular weight excluding hydrogens is 330 g/mol. The Morgan fingerprint density at radius 2 is 1.72 bits per heavy atom. The van der Waals surface area contributed by atoms with E-state index in [2.05, 4.69) is 41.5 Å². The minimum atomic E-state index is -0.201. The molecule has 132 valence electrons. The summed E-state index contributed by atoms with van der Waals surface area (Å²) in [6.45, 7) is 10.1. The van der Waals surface area contributed by atoms with Crippen LogP contribution in [0.5, 0.6) is 0 Å². The maximum Gasteiger partial charge on any atom is 0.257 e. The fourth-order valence-electron chi connectivity index (χ4n) is 2.73. The molecule has 0 aliphatic heterocycles. The molecule has 0 aromatic heterocycles. The molecule has 0 radical (unpaired) electrons. The average Bonchev–Trinajstić information content (AvgIpc) is 2.58. The molecule has 2 aromatic rings. The highest BCUT2D eigenvalue weighted by Gasteiger charge is 2.11. The molecule has 1 amide bonds. The molecule has 0 saturated heterocycles. The lowest BCUT2D eigenvalue weighted by atomic mass is 10.1. The average molecular weight is 356 g/mol. The zero-order valence-electron chi connectivity index (χ0n) is 15.2. The number of amides is 1. The van der Waals surface area contributed by atoms with Gasteiger partial charge in [0.25, 0.3) is 5.91 Å². The Morgan fingerprint density at radius 1 is 1.04 bits per heavy atom. The quantitative estimate of drug-likeness (QED) is 0.786. The Morgan fingerprint density at radius 3 is 2.32 bits per heavy atom. The number of rotatable bonds is 5. The monoisotopic (exact) mass is 355 g/mol. The van der Waals surface area contributed by atoms with Crippen molar-refractivity contribution < 1.29 is 4.79 Å². The van der Waals surface area contributed by atoms with E-state index in [1.54, 1.807) is 6.07 Å². The van der Waals surface area contributed by atoms with Crippen molar-refractivity contribution in [2.24, 2.45) is 0 Å². The summed E-state index contributed by atoms with van der Waals surface area (Å²) in [5.74, 6) is -0.201. The van der Waals surface area contributed by atoms with Crippen LogP contribution in [-0.2, 0) is 0 Å². The minimum absolute atomic E-state index is 0.201. The van der Waals surface area contributed by atoms with Gasteiger partial charge in [-0.1, -0.05) is 18.2 Å². The van der Waals surface area contributed by atoms with Crippen LogP contribution < -0.4 is 15.5 Å². The highest BCUT2D eigenvalue weighted by molar-refractivity contribution is 7.80. The van der Waals surface area contributed by atoms with Gasteiger partial charge in [0.05, 0.1) is 0 Å². The molecule has 0 bridgehead atoms. The van der Waals surface area contributed by atoms with E-state index >= 15 is 0 Å². The van der Waals surface area contributed by atoms with E-state index in [1.165, 1.54) is 5.69 Å². The zero-order valence-corrected chi connectivity index (χ0v) is 16.0. The largest absolute Gasteiger partial charge is 0.372 e. The maximum atomic E-state index is 12.3. The molecule has 0 saturated carbocycles. The van der Waals surface area contributed by atoms with Gasteiger partial charge < -0.3 is 10.2 Å². The number of hydrogen-bond donors (Lipinski definition) is 2. The molecule has 4 nitrogen and oxygen atoms in total. The van der Waals surface area contributed by atoms with Crippen LogP contribution in [0.15, 0.2) is 42.5 Å². The van der Waals surface area contributed by atoms with Gasteiger partial charge in [0, 0.05) is 30.0 Å². The number of hydrogen-bond acceptors (Lipinski definition) is 3. The summed E-state index contributed by atoms with van der Waals surface area (Å²) >= 11 is 5.29. The SMILES string of the molecule is CCN(CC)c1ccc(NC(=S)NC(=O)c2ccccc2C)c(C)c1. The lowest BCUT2D eigenvalue weighted by Gasteiger charge is -2.22. The van der Waals surface area contributed by atoms with Crippen molar-refractivity contribution in [1.82, 2.24) is 5.32 Å². The number of nitrogens with zero attached hydrogens (tertiary/aromatic N) is 1. The summed E-state index contributed by atoms with van der Waals surface area (Å²) in [6, 6.07) is 13.6. The van der Waals surface area contributed by atoms with Crippen LogP contribution in [0.3, 0.4) is 0 Å². The Balaban J connectivity index is 2.05. The number of thiocarbonyl (C=S) groups is 1. The van der Waals surface area contributed by atoms with Crippen molar-refractivity contribution in [3.63, 3.8) is 0 Å². The van der Waals surface area contributed by atoms with Gasteiger partial charge in [0.2, 0.25) is 0 Å². The van der Waals surface area contributed by atoms with Crippen LogP contribution in [0.25, 0.3) is 0 Å². The summed E-state index contributed by atoms with van der Waals surface area (Å²) in [6.07, 6.45) is 0. The first-order valence-corrected chi connectivity index (χ1v) is 8.90. The maximum absolute atomic E-state index is 12.3. The molecule has 0 unspecified atom stereocenters. The molecule has 2 rings (SSSR count). The smallest absolute Gasteiger partial charge is 0.257 e. The number of benzene rings is 2. The van der Waals surface area contributed by atoms with Gasteiger partial charge in [0.15, 0.2) is 5.11 Å². The van der Waals surface area contributed by atoms with Crippen LogP contribution in [0.1, 0.15) is 35.3 Å². The van der Waals surface area contributed by atoms with E-state index in [9.17, 15) is 4.79 Å². The molecule has 5 heteroatoms. The first-order valence-electron chi connectivity index (χ1n) is 8.49. The number of carbonyl (C=O) groups is 1. The molecule has 2 N–H and O–H groups in total. The molecule has 25 heavy (non-hydrogen) atoms. The van der Waals surface area contributed by atoms with E-state index < -0.39 is 0 Å². The predicted molar refractivity (Wildman–Crippen MR) is 110 cm³/mol. The molecular formula is C20H25N3OS. The van der Waals surface area contributed by atoms with E-state index in [-0.39, 0.29) is 5.91 Å². The van der Waals surface area contributed by atoms with Crippen molar-refractivity contribution in [1.29, 1.82) is 0 Å². The zero-order chi connectivity index (χ0) is 18.4. The fraction of sp³-hybridized carbons (Fsp3) is 0.300. The van der Waals surface area contributed by atoms with Crippen molar-refractivity contribution in [3.05, 3.63) is 59.2 Å². The molecule has 0 heterocycles. The highest BCUT2D eigenvalue weighted by atomic mass is 32.1. The lowest BCUT2D eigenvalue weighted by molar-refractivity contribution is 0.0977. The van der Waals surface area contributed by atoms with E-state index in [0.29, 0.717) is 10.7 Å². The number of carbonyl (C=O) groups excluding carboxylic acids is 1. The first kappa shape index (κ1) is 18.9. The molecule has 0 aliphatic rings. The van der Waals surface area contributed by atoms with Gasteiger partial charge in [-0.3, -0.25) is 10.1 Å². The second-order valence-electron chi connectivity index (χ2n) is 5.89. The van der Waals surface area contributed by atoms with Crippen LogP contribution in [0.4, 0.5) is 11.4 Å². The van der Waals surface area contributed by atoms with Gasteiger partial charge in [-0.15, -0.1) is 0 Å². The first-order chi connectivity index (χ1) is 12.0. The second kappa shape index (κ2) is 8.62. The van der Waals surface area contributed by atoms with E-state index in [4.69, 9.17) is 12.2 Å². The summed E-state index contributed by atoms with van der Waals surface area (Å²) in [7, 11) is 0. The Bertz CT molecular complexity index is 769. The highest BCUT2D eigenvalue weighted by Crippen LogP contribution is 2.22. The summed E-state index contributed by atoms with van der Waals surface area (Å²) in [4.78, 5) is 14.6. The third-order valence-corrected chi connectivity index (χ3v) is 4.41. The Hall–Kier alpha value is -2.40. The summed E-state index contributed by atoms with van der Waals surface area (Å²) in [5.41, 5.74) is 4.70. The van der Waals surface area contributed by atoms with Crippen LogP contribution >= 0.6 is 12.2 Å². The lowest BCUT2D eigenvalue weighted by Crippen LogP contribution is -2.34. The van der Waals surface area contributed by atoms with Crippen LogP contribution in [-0.4, -0.2) is 24.1 Å². The van der Waals surface area contributed by atoms with Crippen molar-refractivity contribution in [3.8, 4) is 0 Å². The third-order valence-electron chi connectivity index (χ3n) is 4.20. The van der Waals surface area contributed by atoms with Gasteiger partial charge >= 0.3 is 0 Å². The standard InChI is InChI=1S/C20H25N3OS/c1-5-23(6-2)16-11-12-18(15(4)13-16)21-20(25)22-19(24)17-10-8-7-9-14(17)3/h7-13H,5-6H2,1-4H3,(H2,21,22,24,25). The molecule has 2 aromatic carbocycles. The topological polar surface area (TPSA) is 44.4 Å². The summed E-state index contributed by atoms with van der Waals surface area (Å²) in [5, 5.41) is 6.16. The van der Waals surface area contributed by atoms with Crippen molar-refractivity contribution in [2.45, 2.75) is 27.7 Å². The number of anilines is 2. The van der Waals surface area contributed by atoms with Gasteiger partial charge in [-0.05, 0) is 75.3 Å². The van der Waals surface area contributed by atoms with Crippen molar-refractivity contribution >= 4 is 34.6 Å². The summed E-state index contributed by atoms with van der Waals surface area (Å²) < 4.78 is 0. The van der Waals surface area contributed by atoms with Crippen LogP contribution in [0.2, 0.25) is 0 Å². The number of nitrogens with one attached hydrogen (secondary N) is 2. The normalized spacial score (nSPS) is 10.2. The van der Waals surface area contributed by atoms with Gasteiger partial charge in [-0.2, -0.15) is 0 Å². The number of aryl methyl sites for hydroxylation is 2. The molecule has 0 atom stereocenters.